The monoisotopic (exact) mass is 395 g/mol. The highest BCUT2D eigenvalue weighted by Crippen LogP contribution is 2.33. The molecule has 1 aromatic heterocycles. The predicted octanol–water partition coefficient (Wildman–Crippen LogP) is 3.46. The van der Waals surface area contributed by atoms with Crippen molar-refractivity contribution in [1.29, 1.82) is 0 Å². The van der Waals surface area contributed by atoms with Crippen molar-refractivity contribution in [2.24, 2.45) is 0 Å². The number of aliphatic carboxylic acids is 1. The van der Waals surface area contributed by atoms with Gasteiger partial charge in [0, 0.05) is 35.5 Å². The van der Waals surface area contributed by atoms with Gasteiger partial charge in [-0.3, -0.25) is 4.90 Å². The zero-order valence-corrected chi connectivity index (χ0v) is 15.6. The molecule has 148 valence electrons. The minimum absolute atomic E-state index is 0.287. The molecule has 0 amide bonds. The van der Waals surface area contributed by atoms with Gasteiger partial charge in [0.05, 0.1) is 18.8 Å². The summed E-state index contributed by atoms with van der Waals surface area (Å²) in [5, 5.41) is 7.12. The van der Waals surface area contributed by atoms with Crippen LogP contribution in [0.15, 0.2) is 12.1 Å². The van der Waals surface area contributed by atoms with Crippen molar-refractivity contribution < 1.29 is 32.5 Å². The Kier molecular flexibility index (Phi) is 7.45. The summed E-state index contributed by atoms with van der Waals surface area (Å²) in [5.74, 6) is -2.76. The number of nitrogens with zero attached hydrogens (tertiary/aromatic N) is 1. The van der Waals surface area contributed by atoms with E-state index in [0.29, 0.717) is 12.1 Å². The number of rotatable bonds is 4. The summed E-state index contributed by atoms with van der Waals surface area (Å²) in [4.78, 5) is 14.4. The molecule has 0 aromatic carbocycles. The lowest BCUT2D eigenvalue weighted by molar-refractivity contribution is -0.192. The van der Waals surface area contributed by atoms with E-state index in [9.17, 15) is 13.2 Å². The fourth-order valence-electron chi connectivity index (χ4n) is 3.35. The van der Waals surface area contributed by atoms with Crippen LogP contribution in [0.25, 0.3) is 0 Å². The van der Waals surface area contributed by atoms with Crippen LogP contribution < -0.4 is 0 Å². The number of hydrogen-bond acceptors (Lipinski definition) is 5. The van der Waals surface area contributed by atoms with E-state index >= 15 is 0 Å². The maximum Gasteiger partial charge on any atom is 0.490 e. The van der Waals surface area contributed by atoms with Gasteiger partial charge in [-0.1, -0.05) is 0 Å². The standard InChI is InChI=1S/C15H23NO2S.C2HF3O2/c1-3-17-14-7-6-13-15(14)18-9-8-16(13)10-12-5-4-11(2)19-12;3-2(4,5)1(6)7/h4-5,13-15H,3,6-10H2,1-2H3;(H,6,7)/t13-,14+,15+;/m0./s1. The molecule has 0 spiro atoms. The van der Waals surface area contributed by atoms with Crippen LogP contribution >= 0.6 is 11.3 Å². The Bertz CT molecular complexity index is 593. The number of aryl methyl sites for hydroxylation is 1. The van der Waals surface area contributed by atoms with E-state index < -0.39 is 12.1 Å². The van der Waals surface area contributed by atoms with Gasteiger partial charge in [-0.25, -0.2) is 4.79 Å². The number of carboxylic acid groups (broad SMARTS) is 1. The Labute approximate surface area is 154 Å². The van der Waals surface area contributed by atoms with Crippen molar-refractivity contribution in [3.63, 3.8) is 0 Å². The topological polar surface area (TPSA) is 59.0 Å². The Morgan fingerprint density at radius 1 is 1.42 bits per heavy atom. The molecule has 1 aliphatic carbocycles. The summed E-state index contributed by atoms with van der Waals surface area (Å²) in [6.45, 7) is 8.01. The largest absolute Gasteiger partial charge is 0.490 e. The summed E-state index contributed by atoms with van der Waals surface area (Å²) in [5.41, 5.74) is 0. The zero-order valence-electron chi connectivity index (χ0n) is 14.8. The minimum atomic E-state index is -5.08. The highest BCUT2D eigenvalue weighted by molar-refractivity contribution is 7.11. The Morgan fingerprint density at radius 3 is 2.65 bits per heavy atom. The molecule has 1 N–H and O–H groups in total. The van der Waals surface area contributed by atoms with Gasteiger partial charge in [0.1, 0.15) is 0 Å². The maximum atomic E-state index is 10.6. The first-order chi connectivity index (χ1) is 12.2. The minimum Gasteiger partial charge on any atom is -0.475 e. The number of hydrogen-bond donors (Lipinski definition) is 1. The molecule has 3 atom stereocenters. The third-order valence-electron chi connectivity index (χ3n) is 4.43. The first-order valence-electron chi connectivity index (χ1n) is 8.55. The highest BCUT2D eigenvalue weighted by atomic mass is 32.1. The molecule has 1 aliphatic heterocycles. The van der Waals surface area contributed by atoms with E-state index in [1.807, 2.05) is 11.3 Å². The van der Waals surface area contributed by atoms with Gasteiger partial charge in [0.15, 0.2) is 0 Å². The van der Waals surface area contributed by atoms with Crippen molar-refractivity contribution in [2.45, 2.75) is 57.7 Å². The lowest BCUT2D eigenvalue weighted by atomic mass is 10.1. The van der Waals surface area contributed by atoms with Gasteiger partial charge in [-0.15, -0.1) is 11.3 Å². The van der Waals surface area contributed by atoms with Gasteiger partial charge in [0.2, 0.25) is 0 Å². The Hall–Kier alpha value is -1.16. The predicted molar refractivity (Wildman–Crippen MR) is 91.3 cm³/mol. The normalized spacial score (nSPS) is 26.1. The molecule has 1 saturated carbocycles. The summed E-state index contributed by atoms with van der Waals surface area (Å²) >= 11 is 1.91. The molecule has 5 nitrogen and oxygen atoms in total. The number of thiophene rings is 1. The smallest absolute Gasteiger partial charge is 0.475 e. The molecule has 2 aliphatic rings. The van der Waals surface area contributed by atoms with Gasteiger partial charge < -0.3 is 14.6 Å². The maximum absolute atomic E-state index is 10.6. The number of morpholine rings is 1. The molecule has 1 aromatic rings. The molecule has 3 rings (SSSR count). The quantitative estimate of drug-likeness (QED) is 0.846. The van der Waals surface area contributed by atoms with Crippen molar-refractivity contribution in [3.8, 4) is 0 Å². The Morgan fingerprint density at radius 2 is 2.12 bits per heavy atom. The second-order valence-electron chi connectivity index (χ2n) is 6.26. The lowest BCUT2D eigenvalue weighted by Crippen LogP contribution is -2.51. The molecular formula is C17H24F3NO4S. The van der Waals surface area contributed by atoms with Gasteiger partial charge in [-0.2, -0.15) is 13.2 Å². The second kappa shape index (κ2) is 9.16. The molecule has 2 heterocycles. The molecule has 0 bridgehead atoms. The van der Waals surface area contributed by atoms with E-state index in [0.717, 1.165) is 32.7 Å². The average molecular weight is 395 g/mol. The summed E-state index contributed by atoms with van der Waals surface area (Å²) in [7, 11) is 0. The third kappa shape index (κ3) is 5.67. The summed E-state index contributed by atoms with van der Waals surface area (Å²) in [6, 6.07) is 5.03. The van der Waals surface area contributed by atoms with Gasteiger partial charge in [-0.05, 0) is 38.8 Å². The van der Waals surface area contributed by atoms with Crippen LogP contribution in [0.3, 0.4) is 0 Å². The first-order valence-corrected chi connectivity index (χ1v) is 9.36. The molecule has 0 radical (unpaired) electrons. The molecular weight excluding hydrogens is 371 g/mol. The van der Waals surface area contributed by atoms with Crippen LogP contribution in [-0.4, -0.2) is 60.2 Å². The van der Waals surface area contributed by atoms with Crippen LogP contribution in [-0.2, 0) is 20.8 Å². The van der Waals surface area contributed by atoms with Gasteiger partial charge in [0.25, 0.3) is 0 Å². The average Bonchev–Trinajstić information content (AvgIpc) is 3.15. The van der Waals surface area contributed by atoms with Crippen LogP contribution in [0.4, 0.5) is 13.2 Å². The van der Waals surface area contributed by atoms with E-state index in [-0.39, 0.29) is 6.10 Å². The SMILES string of the molecule is CCO[C@@H]1CC[C@H]2[C@H]1OCCN2Cc1ccc(C)s1.O=C(O)C(F)(F)F. The number of carboxylic acids is 1. The van der Waals surface area contributed by atoms with Crippen molar-refractivity contribution in [1.82, 2.24) is 4.90 Å². The number of fused-ring (bicyclic) bond motifs is 1. The van der Waals surface area contributed by atoms with E-state index in [1.165, 1.54) is 16.2 Å². The van der Waals surface area contributed by atoms with E-state index in [2.05, 4.69) is 30.9 Å². The molecule has 2 fully saturated rings. The molecule has 1 saturated heterocycles. The third-order valence-corrected chi connectivity index (χ3v) is 5.41. The van der Waals surface area contributed by atoms with Crippen molar-refractivity contribution >= 4 is 17.3 Å². The number of halogens is 3. The summed E-state index contributed by atoms with van der Waals surface area (Å²) in [6.07, 6.45) is -2.14. The van der Waals surface area contributed by atoms with E-state index in [1.54, 1.807) is 0 Å². The van der Waals surface area contributed by atoms with Crippen molar-refractivity contribution in [3.05, 3.63) is 21.9 Å². The highest BCUT2D eigenvalue weighted by Gasteiger charge is 2.43. The zero-order chi connectivity index (χ0) is 19.3. The first kappa shape index (κ1) is 21.1. The van der Waals surface area contributed by atoms with Crippen LogP contribution in [0, 0.1) is 6.92 Å². The molecule has 0 unspecified atom stereocenters. The number of alkyl halides is 3. The van der Waals surface area contributed by atoms with Crippen molar-refractivity contribution in [2.75, 3.05) is 19.8 Å². The van der Waals surface area contributed by atoms with Crippen LogP contribution in [0.2, 0.25) is 0 Å². The lowest BCUT2D eigenvalue weighted by Gasteiger charge is -2.38. The van der Waals surface area contributed by atoms with E-state index in [4.69, 9.17) is 19.4 Å². The molecule has 26 heavy (non-hydrogen) atoms. The van der Waals surface area contributed by atoms with Crippen LogP contribution in [0.5, 0.6) is 0 Å². The second-order valence-corrected chi connectivity index (χ2v) is 7.63. The summed E-state index contributed by atoms with van der Waals surface area (Å²) < 4.78 is 43.5. The number of ether oxygens (including phenoxy) is 2. The van der Waals surface area contributed by atoms with Crippen LogP contribution in [0.1, 0.15) is 29.5 Å². The molecule has 9 heteroatoms. The number of carbonyl (C=O) groups is 1. The van der Waals surface area contributed by atoms with Gasteiger partial charge >= 0.3 is 12.1 Å². The Balaban J connectivity index is 0.000000298. The fraction of sp³-hybridized carbons (Fsp3) is 0.706. The fourth-order valence-corrected chi connectivity index (χ4v) is 4.27.